The third kappa shape index (κ3) is 2.76. The standard InChI is InChI=1S/C11H16ClN3O/c1-8(2)16-10-3-5-13-11(14-10)15-6-4-9(12)7-15/h3,5,8-9H,4,6-7H2,1-2H3. The first-order chi connectivity index (χ1) is 7.65. The number of nitrogens with zero attached hydrogens (tertiary/aromatic N) is 3. The molecule has 16 heavy (non-hydrogen) atoms. The molecule has 1 aromatic rings. The molecule has 0 radical (unpaired) electrons. The summed E-state index contributed by atoms with van der Waals surface area (Å²) in [5.41, 5.74) is 0. The second kappa shape index (κ2) is 4.87. The average Bonchev–Trinajstić information content (AvgIpc) is 2.64. The van der Waals surface area contributed by atoms with E-state index in [2.05, 4.69) is 14.9 Å². The molecule has 0 saturated carbocycles. The quantitative estimate of drug-likeness (QED) is 0.760. The number of aromatic nitrogens is 2. The van der Waals surface area contributed by atoms with Gasteiger partial charge in [0.1, 0.15) is 0 Å². The molecule has 1 saturated heterocycles. The maximum absolute atomic E-state index is 6.05. The van der Waals surface area contributed by atoms with Crippen LogP contribution >= 0.6 is 11.6 Å². The summed E-state index contributed by atoms with van der Waals surface area (Å²) in [7, 11) is 0. The largest absolute Gasteiger partial charge is 0.475 e. The van der Waals surface area contributed by atoms with E-state index in [1.165, 1.54) is 0 Å². The van der Waals surface area contributed by atoms with Gasteiger partial charge in [-0.1, -0.05) is 0 Å². The van der Waals surface area contributed by atoms with Crippen molar-refractivity contribution < 1.29 is 4.74 Å². The van der Waals surface area contributed by atoms with Crippen molar-refractivity contribution in [2.75, 3.05) is 18.0 Å². The minimum atomic E-state index is 0.127. The van der Waals surface area contributed by atoms with Crippen molar-refractivity contribution >= 4 is 17.5 Å². The van der Waals surface area contributed by atoms with Crippen LogP contribution in [-0.4, -0.2) is 34.5 Å². The van der Waals surface area contributed by atoms with E-state index in [1.54, 1.807) is 12.3 Å². The molecule has 4 nitrogen and oxygen atoms in total. The topological polar surface area (TPSA) is 38.2 Å². The predicted molar refractivity (Wildman–Crippen MR) is 64.3 cm³/mol. The third-order valence-corrected chi connectivity index (χ3v) is 2.74. The minimum Gasteiger partial charge on any atom is -0.475 e. The Morgan fingerprint density at radius 1 is 1.56 bits per heavy atom. The van der Waals surface area contributed by atoms with Gasteiger partial charge in [0.15, 0.2) is 0 Å². The fraction of sp³-hybridized carbons (Fsp3) is 0.636. The summed E-state index contributed by atoms with van der Waals surface area (Å²) in [6, 6.07) is 1.78. The van der Waals surface area contributed by atoms with E-state index in [9.17, 15) is 0 Å². The zero-order valence-electron chi connectivity index (χ0n) is 9.56. The summed E-state index contributed by atoms with van der Waals surface area (Å²) >= 11 is 6.05. The Morgan fingerprint density at radius 3 is 3.00 bits per heavy atom. The highest BCUT2D eigenvalue weighted by Crippen LogP contribution is 2.21. The number of halogens is 1. The first kappa shape index (κ1) is 11.5. The number of hydrogen-bond donors (Lipinski definition) is 0. The molecule has 1 aliphatic rings. The van der Waals surface area contributed by atoms with Crippen molar-refractivity contribution in [3.05, 3.63) is 12.3 Å². The van der Waals surface area contributed by atoms with Crippen LogP contribution in [0.15, 0.2) is 12.3 Å². The van der Waals surface area contributed by atoms with Crippen molar-refractivity contribution in [3.8, 4) is 5.88 Å². The molecular weight excluding hydrogens is 226 g/mol. The SMILES string of the molecule is CC(C)Oc1ccnc(N2CCC(Cl)C2)n1. The maximum Gasteiger partial charge on any atom is 0.228 e. The first-order valence-corrected chi connectivity index (χ1v) is 5.97. The predicted octanol–water partition coefficient (Wildman–Crippen LogP) is 2.08. The summed E-state index contributed by atoms with van der Waals surface area (Å²) < 4.78 is 5.53. The van der Waals surface area contributed by atoms with E-state index in [0.29, 0.717) is 11.8 Å². The van der Waals surface area contributed by atoms with Crippen molar-refractivity contribution in [2.45, 2.75) is 31.7 Å². The highest BCUT2D eigenvalue weighted by atomic mass is 35.5. The molecule has 2 heterocycles. The Bertz CT molecular complexity index is 359. The molecule has 1 aliphatic heterocycles. The molecule has 0 amide bonds. The van der Waals surface area contributed by atoms with Gasteiger partial charge in [0.05, 0.1) is 11.5 Å². The van der Waals surface area contributed by atoms with Crippen LogP contribution in [0.3, 0.4) is 0 Å². The molecule has 0 bridgehead atoms. The number of alkyl halides is 1. The zero-order chi connectivity index (χ0) is 11.5. The summed E-state index contributed by atoms with van der Waals surface area (Å²) in [6.07, 6.45) is 2.84. The van der Waals surface area contributed by atoms with Crippen LogP contribution in [0.4, 0.5) is 5.95 Å². The molecule has 1 atom stereocenters. The van der Waals surface area contributed by atoms with E-state index in [-0.39, 0.29) is 11.5 Å². The van der Waals surface area contributed by atoms with Crippen molar-refractivity contribution in [1.29, 1.82) is 0 Å². The van der Waals surface area contributed by atoms with Gasteiger partial charge in [-0.3, -0.25) is 0 Å². The van der Waals surface area contributed by atoms with Crippen LogP contribution in [0.25, 0.3) is 0 Å². The normalized spacial score (nSPS) is 20.5. The van der Waals surface area contributed by atoms with Crippen LogP contribution in [-0.2, 0) is 0 Å². The Labute approximate surface area is 101 Å². The molecule has 1 unspecified atom stereocenters. The molecule has 0 aliphatic carbocycles. The Balaban J connectivity index is 2.09. The van der Waals surface area contributed by atoms with E-state index >= 15 is 0 Å². The van der Waals surface area contributed by atoms with Gasteiger partial charge in [0, 0.05) is 25.4 Å². The molecule has 88 valence electrons. The highest BCUT2D eigenvalue weighted by molar-refractivity contribution is 6.21. The van der Waals surface area contributed by atoms with Gasteiger partial charge in [0.25, 0.3) is 0 Å². The molecule has 0 spiro atoms. The van der Waals surface area contributed by atoms with Crippen LogP contribution < -0.4 is 9.64 Å². The minimum absolute atomic E-state index is 0.127. The van der Waals surface area contributed by atoms with Gasteiger partial charge in [-0.25, -0.2) is 4.98 Å². The van der Waals surface area contributed by atoms with Gasteiger partial charge in [-0.15, -0.1) is 11.6 Å². The Morgan fingerprint density at radius 2 is 2.38 bits per heavy atom. The fourth-order valence-electron chi connectivity index (χ4n) is 1.69. The zero-order valence-corrected chi connectivity index (χ0v) is 10.3. The number of anilines is 1. The number of ether oxygens (including phenoxy) is 1. The smallest absolute Gasteiger partial charge is 0.228 e. The summed E-state index contributed by atoms with van der Waals surface area (Å²) in [6.45, 7) is 5.69. The van der Waals surface area contributed by atoms with E-state index < -0.39 is 0 Å². The van der Waals surface area contributed by atoms with Crippen LogP contribution in [0.2, 0.25) is 0 Å². The summed E-state index contributed by atoms with van der Waals surface area (Å²) in [5, 5.41) is 0.207. The molecule has 0 aromatic carbocycles. The molecule has 1 fully saturated rings. The van der Waals surface area contributed by atoms with Gasteiger partial charge < -0.3 is 9.64 Å². The molecule has 2 rings (SSSR count). The van der Waals surface area contributed by atoms with Crippen LogP contribution in [0.1, 0.15) is 20.3 Å². The summed E-state index contributed by atoms with van der Waals surface area (Å²) in [4.78, 5) is 10.7. The summed E-state index contributed by atoms with van der Waals surface area (Å²) in [5.74, 6) is 1.33. The second-order valence-electron chi connectivity index (χ2n) is 4.19. The van der Waals surface area contributed by atoms with Crippen molar-refractivity contribution in [3.63, 3.8) is 0 Å². The van der Waals surface area contributed by atoms with Crippen LogP contribution in [0, 0.1) is 0 Å². The average molecular weight is 242 g/mol. The Hall–Kier alpha value is -1.03. The molecular formula is C11H16ClN3O. The monoisotopic (exact) mass is 241 g/mol. The van der Waals surface area contributed by atoms with E-state index in [4.69, 9.17) is 16.3 Å². The lowest BCUT2D eigenvalue weighted by Crippen LogP contribution is -2.22. The van der Waals surface area contributed by atoms with Crippen molar-refractivity contribution in [1.82, 2.24) is 9.97 Å². The van der Waals surface area contributed by atoms with Gasteiger partial charge >= 0.3 is 0 Å². The molecule has 1 aromatic heterocycles. The number of rotatable bonds is 3. The molecule has 0 N–H and O–H groups in total. The fourth-order valence-corrected chi connectivity index (χ4v) is 1.96. The van der Waals surface area contributed by atoms with Gasteiger partial charge in [-0.2, -0.15) is 4.98 Å². The second-order valence-corrected chi connectivity index (χ2v) is 4.81. The Kier molecular flexibility index (Phi) is 3.49. The lowest BCUT2D eigenvalue weighted by atomic mass is 10.4. The molecule has 5 heteroatoms. The van der Waals surface area contributed by atoms with Crippen LogP contribution in [0.5, 0.6) is 5.88 Å². The van der Waals surface area contributed by atoms with E-state index in [0.717, 1.165) is 19.5 Å². The van der Waals surface area contributed by atoms with E-state index in [1.807, 2.05) is 13.8 Å². The number of hydrogen-bond acceptors (Lipinski definition) is 4. The maximum atomic E-state index is 6.05. The van der Waals surface area contributed by atoms with Gasteiger partial charge in [0.2, 0.25) is 11.8 Å². The lowest BCUT2D eigenvalue weighted by molar-refractivity contribution is 0.232. The lowest BCUT2D eigenvalue weighted by Gasteiger charge is -2.16. The third-order valence-electron chi connectivity index (χ3n) is 2.39. The van der Waals surface area contributed by atoms with Crippen molar-refractivity contribution in [2.24, 2.45) is 0 Å². The first-order valence-electron chi connectivity index (χ1n) is 5.54. The highest BCUT2D eigenvalue weighted by Gasteiger charge is 2.22. The van der Waals surface area contributed by atoms with Gasteiger partial charge in [-0.05, 0) is 20.3 Å².